The minimum absolute atomic E-state index is 0.469. The average Bonchev–Trinajstić information content (AvgIpc) is 2.41. The van der Waals surface area contributed by atoms with E-state index in [2.05, 4.69) is 31.9 Å². The molecule has 0 atom stereocenters. The Hall–Kier alpha value is -1.39. The van der Waals surface area contributed by atoms with Crippen molar-refractivity contribution < 1.29 is 0 Å². The fourth-order valence-corrected chi connectivity index (χ4v) is 2.17. The Labute approximate surface area is 116 Å². The Kier molecular flexibility index (Phi) is 4.33. The summed E-state index contributed by atoms with van der Waals surface area (Å²) in [5.41, 5.74) is 7.75. The quantitative estimate of drug-likeness (QED) is 0.944. The number of hydrogen-bond donors (Lipinski definition) is 1. The second-order valence-corrected chi connectivity index (χ2v) is 4.99. The van der Waals surface area contributed by atoms with E-state index in [0.717, 1.165) is 22.5 Å². The monoisotopic (exact) mass is 305 g/mol. The molecule has 0 aliphatic rings. The molecule has 1 aromatic heterocycles. The maximum Gasteiger partial charge on any atom is 0.128 e. The fourth-order valence-electron chi connectivity index (χ4n) is 1.76. The van der Waals surface area contributed by atoms with Gasteiger partial charge in [0.05, 0.1) is 5.69 Å². The van der Waals surface area contributed by atoms with Gasteiger partial charge in [0.2, 0.25) is 0 Å². The molecule has 1 heterocycles. The van der Waals surface area contributed by atoms with Crippen molar-refractivity contribution in [2.45, 2.75) is 13.1 Å². The van der Waals surface area contributed by atoms with Crippen LogP contribution >= 0.6 is 15.9 Å². The maximum atomic E-state index is 5.61. The first-order valence-electron chi connectivity index (χ1n) is 5.81. The van der Waals surface area contributed by atoms with E-state index in [-0.39, 0.29) is 0 Å². The molecule has 0 saturated carbocycles. The Morgan fingerprint density at radius 2 is 1.94 bits per heavy atom. The Morgan fingerprint density at radius 1 is 1.17 bits per heavy atom. The normalized spacial score (nSPS) is 10.4. The molecule has 0 spiro atoms. The zero-order chi connectivity index (χ0) is 13.0. The second kappa shape index (κ2) is 5.98. The van der Waals surface area contributed by atoms with E-state index in [4.69, 9.17) is 5.73 Å². The molecule has 2 rings (SSSR count). The molecule has 0 radical (unpaired) electrons. The molecule has 18 heavy (non-hydrogen) atoms. The van der Waals surface area contributed by atoms with Crippen molar-refractivity contribution >= 4 is 21.7 Å². The fraction of sp³-hybridized carbons (Fsp3) is 0.214. The summed E-state index contributed by atoms with van der Waals surface area (Å²) in [5, 5.41) is 0. The summed E-state index contributed by atoms with van der Waals surface area (Å²) < 4.78 is 1.12. The van der Waals surface area contributed by atoms with Crippen molar-refractivity contribution in [3.05, 3.63) is 58.2 Å². The average molecular weight is 306 g/mol. The van der Waals surface area contributed by atoms with Gasteiger partial charge in [-0.3, -0.25) is 0 Å². The topological polar surface area (TPSA) is 42.1 Å². The lowest BCUT2D eigenvalue weighted by Crippen LogP contribution is -2.18. The number of rotatable bonds is 4. The molecule has 0 fully saturated rings. The molecule has 0 bridgehead atoms. The van der Waals surface area contributed by atoms with Gasteiger partial charge < -0.3 is 10.6 Å². The smallest absolute Gasteiger partial charge is 0.128 e. The van der Waals surface area contributed by atoms with Crippen LogP contribution in [0.3, 0.4) is 0 Å². The molecule has 2 N–H and O–H groups in total. The number of nitrogens with zero attached hydrogens (tertiary/aromatic N) is 2. The minimum Gasteiger partial charge on any atom is -0.355 e. The lowest BCUT2D eigenvalue weighted by atomic mass is 10.2. The van der Waals surface area contributed by atoms with Gasteiger partial charge in [-0.05, 0) is 23.8 Å². The zero-order valence-electron chi connectivity index (χ0n) is 10.3. The largest absolute Gasteiger partial charge is 0.355 e. The molecular formula is C14H16BrN3. The van der Waals surface area contributed by atoms with Crippen molar-refractivity contribution in [1.82, 2.24) is 4.98 Å². The third kappa shape index (κ3) is 3.09. The van der Waals surface area contributed by atoms with Crippen LogP contribution in [-0.2, 0) is 13.1 Å². The van der Waals surface area contributed by atoms with Gasteiger partial charge in [-0.2, -0.15) is 0 Å². The lowest BCUT2D eigenvalue weighted by molar-refractivity contribution is 0.875. The Morgan fingerprint density at radius 3 is 2.67 bits per heavy atom. The van der Waals surface area contributed by atoms with Gasteiger partial charge >= 0.3 is 0 Å². The van der Waals surface area contributed by atoms with E-state index in [1.807, 2.05) is 43.4 Å². The summed E-state index contributed by atoms with van der Waals surface area (Å²) in [7, 11) is 2.03. The van der Waals surface area contributed by atoms with Crippen molar-refractivity contribution in [3.63, 3.8) is 0 Å². The van der Waals surface area contributed by atoms with E-state index < -0.39 is 0 Å². The molecule has 0 saturated heterocycles. The highest BCUT2D eigenvalue weighted by Crippen LogP contribution is 2.19. The third-order valence-electron chi connectivity index (χ3n) is 2.76. The van der Waals surface area contributed by atoms with E-state index in [1.165, 1.54) is 5.56 Å². The number of aromatic nitrogens is 1. The summed E-state index contributed by atoms with van der Waals surface area (Å²) in [6.45, 7) is 1.28. The van der Waals surface area contributed by atoms with Gasteiger partial charge in [-0.15, -0.1) is 0 Å². The molecule has 3 nitrogen and oxygen atoms in total. The number of benzene rings is 1. The first-order valence-corrected chi connectivity index (χ1v) is 6.60. The molecule has 1 aromatic carbocycles. The van der Waals surface area contributed by atoms with Gasteiger partial charge in [0, 0.05) is 24.6 Å². The molecule has 2 aromatic rings. The van der Waals surface area contributed by atoms with Crippen LogP contribution in [0.15, 0.2) is 46.9 Å². The molecule has 4 heteroatoms. The van der Waals surface area contributed by atoms with Crippen molar-refractivity contribution in [3.8, 4) is 0 Å². The standard InChI is InChI=1S/C14H16BrN3/c1-18(10-11-5-2-3-7-13(11)15)14-8-4-6-12(9-16)17-14/h2-8H,9-10,16H2,1H3. The molecular weight excluding hydrogens is 290 g/mol. The van der Waals surface area contributed by atoms with Crippen LogP contribution in [0.5, 0.6) is 0 Å². The van der Waals surface area contributed by atoms with Crippen LogP contribution in [0.4, 0.5) is 5.82 Å². The first kappa shape index (κ1) is 13.1. The first-order chi connectivity index (χ1) is 8.70. The van der Waals surface area contributed by atoms with Crippen molar-refractivity contribution in [2.24, 2.45) is 5.73 Å². The zero-order valence-corrected chi connectivity index (χ0v) is 11.9. The minimum atomic E-state index is 0.469. The van der Waals surface area contributed by atoms with E-state index in [0.29, 0.717) is 6.54 Å². The number of pyridine rings is 1. The number of hydrogen-bond acceptors (Lipinski definition) is 3. The van der Waals surface area contributed by atoms with Gasteiger partial charge in [-0.25, -0.2) is 4.98 Å². The van der Waals surface area contributed by atoms with E-state index >= 15 is 0 Å². The molecule has 0 aliphatic heterocycles. The Balaban J connectivity index is 2.16. The van der Waals surface area contributed by atoms with Crippen molar-refractivity contribution in [2.75, 3.05) is 11.9 Å². The molecule has 0 amide bonds. The van der Waals surface area contributed by atoms with E-state index in [1.54, 1.807) is 0 Å². The third-order valence-corrected chi connectivity index (χ3v) is 3.53. The maximum absolute atomic E-state index is 5.61. The Bertz CT molecular complexity index is 528. The van der Waals surface area contributed by atoms with Crippen LogP contribution in [0, 0.1) is 0 Å². The predicted octanol–water partition coefficient (Wildman–Crippen LogP) is 2.94. The van der Waals surface area contributed by atoms with Crippen LogP contribution < -0.4 is 10.6 Å². The SMILES string of the molecule is CN(Cc1ccccc1Br)c1cccc(CN)n1. The predicted molar refractivity (Wildman–Crippen MR) is 78.4 cm³/mol. The van der Waals surface area contributed by atoms with Crippen LogP contribution in [0.1, 0.15) is 11.3 Å². The summed E-state index contributed by atoms with van der Waals surface area (Å²) in [5.74, 6) is 0.939. The van der Waals surface area contributed by atoms with Crippen LogP contribution in [0.2, 0.25) is 0 Å². The highest BCUT2D eigenvalue weighted by Gasteiger charge is 2.06. The summed E-state index contributed by atoms with van der Waals surface area (Å²) in [6.07, 6.45) is 0. The van der Waals surface area contributed by atoms with Crippen LogP contribution in [0.25, 0.3) is 0 Å². The van der Waals surface area contributed by atoms with Gasteiger partial charge in [-0.1, -0.05) is 40.2 Å². The molecule has 0 aliphatic carbocycles. The summed E-state index contributed by atoms with van der Waals surface area (Å²) in [4.78, 5) is 6.61. The molecule has 94 valence electrons. The number of halogens is 1. The molecule has 0 unspecified atom stereocenters. The number of anilines is 1. The summed E-state index contributed by atoms with van der Waals surface area (Å²) in [6, 6.07) is 14.1. The second-order valence-electron chi connectivity index (χ2n) is 4.14. The van der Waals surface area contributed by atoms with Gasteiger partial charge in [0.15, 0.2) is 0 Å². The highest BCUT2D eigenvalue weighted by atomic mass is 79.9. The van der Waals surface area contributed by atoms with E-state index in [9.17, 15) is 0 Å². The number of nitrogens with two attached hydrogens (primary N) is 1. The summed E-state index contributed by atoms with van der Waals surface area (Å²) >= 11 is 3.56. The lowest BCUT2D eigenvalue weighted by Gasteiger charge is -2.19. The van der Waals surface area contributed by atoms with Gasteiger partial charge in [0.1, 0.15) is 5.82 Å². The van der Waals surface area contributed by atoms with Gasteiger partial charge in [0.25, 0.3) is 0 Å². The highest BCUT2D eigenvalue weighted by molar-refractivity contribution is 9.10. The van der Waals surface area contributed by atoms with Crippen molar-refractivity contribution in [1.29, 1.82) is 0 Å². The van der Waals surface area contributed by atoms with Crippen LogP contribution in [-0.4, -0.2) is 12.0 Å².